The Hall–Kier alpha value is -2.42. The van der Waals surface area contributed by atoms with E-state index in [2.05, 4.69) is 22.0 Å². The van der Waals surface area contributed by atoms with Gasteiger partial charge >= 0.3 is 0 Å². The monoisotopic (exact) mass is 416 g/mol. The molecule has 0 bridgehead atoms. The second kappa shape index (κ2) is 9.39. The molecule has 1 aliphatic rings. The van der Waals surface area contributed by atoms with Crippen LogP contribution in [0.5, 0.6) is 0 Å². The zero-order valence-electron chi connectivity index (χ0n) is 16.8. The molecule has 7 nitrogen and oxygen atoms in total. The summed E-state index contributed by atoms with van der Waals surface area (Å²) in [6.07, 6.45) is 1.83. The third kappa shape index (κ3) is 6.03. The van der Waals surface area contributed by atoms with Gasteiger partial charge in [-0.3, -0.25) is 0 Å². The van der Waals surface area contributed by atoms with Gasteiger partial charge in [0.05, 0.1) is 17.5 Å². The van der Waals surface area contributed by atoms with E-state index in [0.29, 0.717) is 25.7 Å². The maximum atomic E-state index is 12.4. The average Bonchev–Trinajstić information content (AvgIpc) is 3.22. The molecule has 1 fully saturated rings. The molecule has 3 rings (SSSR count). The van der Waals surface area contributed by atoms with Gasteiger partial charge in [0.15, 0.2) is 5.96 Å². The van der Waals surface area contributed by atoms with Crippen LogP contribution >= 0.6 is 0 Å². The normalized spacial score (nSPS) is 17.4. The maximum absolute atomic E-state index is 12.4. The van der Waals surface area contributed by atoms with Crippen LogP contribution in [0.1, 0.15) is 29.5 Å². The van der Waals surface area contributed by atoms with Crippen molar-refractivity contribution < 1.29 is 13.2 Å². The summed E-state index contributed by atoms with van der Waals surface area (Å²) in [4.78, 5) is 4.55. The Kier molecular flexibility index (Phi) is 6.89. The number of aliphatic imine (C=N–C) groups is 1. The van der Waals surface area contributed by atoms with E-state index in [4.69, 9.17) is 10.5 Å². The molecule has 1 aliphatic heterocycles. The van der Waals surface area contributed by atoms with Crippen molar-refractivity contribution in [2.24, 2.45) is 10.7 Å². The molecular weight excluding hydrogens is 388 g/mol. The molecule has 1 heterocycles. The highest BCUT2D eigenvalue weighted by atomic mass is 32.2. The Labute approximate surface area is 172 Å². The van der Waals surface area contributed by atoms with Gasteiger partial charge in [-0.15, -0.1) is 0 Å². The van der Waals surface area contributed by atoms with Crippen LogP contribution in [0.4, 0.5) is 5.69 Å². The van der Waals surface area contributed by atoms with E-state index in [0.717, 1.165) is 24.1 Å². The van der Waals surface area contributed by atoms with Crippen molar-refractivity contribution in [2.45, 2.75) is 44.2 Å². The number of nitrogens with two attached hydrogens (primary N) is 1. The highest BCUT2D eigenvalue weighted by Crippen LogP contribution is 2.15. The standard InChI is InChI=1S/C21H28N4O3S/c1-15-5-8-18(12-16(15)2)25-21(22)23-13-17-6-9-20(10-7-17)29(26,27)24-14-19-4-3-11-28-19/h5-10,12,19,24H,3-4,11,13-14H2,1-2H3,(H3,22,23,25). The first-order valence-corrected chi connectivity index (χ1v) is 11.2. The first kappa shape index (κ1) is 21.3. The first-order chi connectivity index (χ1) is 13.8. The number of sulfonamides is 1. The minimum atomic E-state index is -3.55. The zero-order valence-corrected chi connectivity index (χ0v) is 17.6. The molecule has 0 radical (unpaired) electrons. The van der Waals surface area contributed by atoms with Gasteiger partial charge in [0.25, 0.3) is 0 Å². The summed E-state index contributed by atoms with van der Waals surface area (Å²) in [6, 6.07) is 12.6. The van der Waals surface area contributed by atoms with Crippen molar-refractivity contribution in [1.82, 2.24) is 4.72 Å². The van der Waals surface area contributed by atoms with E-state index in [1.807, 2.05) is 25.1 Å². The summed E-state index contributed by atoms with van der Waals surface area (Å²) in [6.45, 7) is 5.45. The highest BCUT2D eigenvalue weighted by Gasteiger charge is 2.20. The number of anilines is 1. The van der Waals surface area contributed by atoms with E-state index in [9.17, 15) is 8.42 Å². The third-order valence-electron chi connectivity index (χ3n) is 4.97. The van der Waals surface area contributed by atoms with Crippen molar-refractivity contribution in [3.63, 3.8) is 0 Å². The topological polar surface area (TPSA) is 106 Å². The van der Waals surface area contributed by atoms with Gasteiger partial charge in [-0.25, -0.2) is 18.1 Å². The summed E-state index contributed by atoms with van der Waals surface area (Å²) in [7, 11) is -3.55. The summed E-state index contributed by atoms with van der Waals surface area (Å²) in [5.41, 5.74) is 10.1. The van der Waals surface area contributed by atoms with Crippen LogP contribution in [0.2, 0.25) is 0 Å². The van der Waals surface area contributed by atoms with Gasteiger partial charge in [-0.05, 0) is 67.6 Å². The lowest BCUT2D eigenvalue weighted by Gasteiger charge is -2.11. The molecule has 0 saturated carbocycles. The lowest BCUT2D eigenvalue weighted by atomic mass is 10.1. The minimum absolute atomic E-state index is 0.0359. The fraction of sp³-hybridized carbons (Fsp3) is 0.381. The van der Waals surface area contributed by atoms with Crippen LogP contribution in [0.25, 0.3) is 0 Å². The van der Waals surface area contributed by atoms with E-state index < -0.39 is 10.0 Å². The molecule has 2 aromatic carbocycles. The van der Waals surface area contributed by atoms with Gasteiger partial charge in [-0.2, -0.15) is 0 Å². The SMILES string of the molecule is Cc1ccc(NC(N)=NCc2ccc(S(=O)(=O)NCC3CCCO3)cc2)cc1C. The average molecular weight is 417 g/mol. The molecule has 1 saturated heterocycles. The fourth-order valence-electron chi connectivity index (χ4n) is 3.05. The molecule has 29 heavy (non-hydrogen) atoms. The van der Waals surface area contributed by atoms with E-state index in [1.165, 1.54) is 11.1 Å². The van der Waals surface area contributed by atoms with Gasteiger partial charge in [0.2, 0.25) is 10.0 Å². The number of ether oxygens (including phenoxy) is 1. The maximum Gasteiger partial charge on any atom is 0.240 e. The van der Waals surface area contributed by atoms with Gasteiger partial charge < -0.3 is 15.8 Å². The van der Waals surface area contributed by atoms with Crippen LogP contribution in [-0.2, 0) is 21.3 Å². The molecule has 0 aliphatic carbocycles. The van der Waals surface area contributed by atoms with Crippen molar-refractivity contribution in [3.05, 3.63) is 59.2 Å². The van der Waals surface area contributed by atoms with E-state index in [-0.39, 0.29) is 11.0 Å². The predicted octanol–water partition coefficient (Wildman–Crippen LogP) is 2.69. The quantitative estimate of drug-likeness (QED) is 0.475. The number of rotatable bonds is 7. The number of aryl methyl sites for hydroxylation is 2. The molecule has 1 atom stereocenters. The van der Waals surface area contributed by atoms with Crippen LogP contribution in [-0.4, -0.2) is 33.6 Å². The molecule has 156 valence electrons. The Morgan fingerprint density at radius 3 is 2.59 bits per heavy atom. The summed E-state index contributed by atoms with van der Waals surface area (Å²) in [5, 5.41) is 3.07. The Morgan fingerprint density at radius 1 is 1.17 bits per heavy atom. The lowest BCUT2D eigenvalue weighted by molar-refractivity contribution is 0.114. The van der Waals surface area contributed by atoms with Crippen molar-refractivity contribution in [2.75, 3.05) is 18.5 Å². The minimum Gasteiger partial charge on any atom is -0.377 e. The zero-order chi connectivity index (χ0) is 20.9. The molecule has 0 amide bonds. The molecule has 1 unspecified atom stereocenters. The number of benzene rings is 2. The van der Waals surface area contributed by atoms with Crippen LogP contribution in [0.3, 0.4) is 0 Å². The van der Waals surface area contributed by atoms with Gasteiger partial charge in [-0.1, -0.05) is 18.2 Å². The summed E-state index contributed by atoms with van der Waals surface area (Å²) < 4.78 is 32.9. The number of hydrogen-bond acceptors (Lipinski definition) is 4. The number of nitrogens with one attached hydrogen (secondary N) is 2. The van der Waals surface area contributed by atoms with E-state index in [1.54, 1.807) is 24.3 Å². The fourth-order valence-corrected chi connectivity index (χ4v) is 4.11. The Balaban J connectivity index is 1.56. The third-order valence-corrected chi connectivity index (χ3v) is 6.41. The van der Waals surface area contributed by atoms with Crippen molar-refractivity contribution >= 4 is 21.7 Å². The summed E-state index contributed by atoms with van der Waals surface area (Å²) >= 11 is 0. The molecule has 8 heteroatoms. The molecule has 2 aromatic rings. The lowest BCUT2D eigenvalue weighted by Crippen LogP contribution is -2.31. The largest absolute Gasteiger partial charge is 0.377 e. The number of nitrogens with zero attached hydrogens (tertiary/aromatic N) is 1. The van der Waals surface area contributed by atoms with E-state index >= 15 is 0 Å². The molecule has 4 N–H and O–H groups in total. The van der Waals surface area contributed by atoms with Crippen molar-refractivity contribution in [1.29, 1.82) is 0 Å². The van der Waals surface area contributed by atoms with Gasteiger partial charge in [0.1, 0.15) is 0 Å². The first-order valence-electron chi connectivity index (χ1n) is 9.68. The number of hydrogen-bond donors (Lipinski definition) is 3. The van der Waals surface area contributed by atoms with Crippen molar-refractivity contribution in [3.8, 4) is 0 Å². The Bertz CT molecular complexity index is 966. The summed E-state index contributed by atoms with van der Waals surface area (Å²) in [5.74, 6) is 0.309. The molecule has 0 spiro atoms. The number of guanidine groups is 1. The van der Waals surface area contributed by atoms with Gasteiger partial charge in [0, 0.05) is 18.8 Å². The smallest absolute Gasteiger partial charge is 0.240 e. The highest BCUT2D eigenvalue weighted by molar-refractivity contribution is 7.89. The Morgan fingerprint density at radius 2 is 1.93 bits per heavy atom. The predicted molar refractivity (Wildman–Crippen MR) is 115 cm³/mol. The van der Waals surface area contributed by atoms with Crippen LogP contribution in [0.15, 0.2) is 52.4 Å². The second-order valence-corrected chi connectivity index (χ2v) is 9.02. The second-order valence-electron chi connectivity index (χ2n) is 7.26. The van der Waals surface area contributed by atoms with Crippen LogP contribution in [0, 0.1) is 13.8 Å². The molecular formula is C21H28N4O3S. The van der Waals surface area contributed by atoms with Crippen LogP contribution < -0.4 is 15.8 Å². The molecule has 0 aromatic heterocycles.